The minimum atomic E-state index is -2.15. The monoisotopic (exact) mass is 352 g/mol. The Morgan fingerprint density at radius 2 is 1.92 bits per heavy atom. The van der Waals surface area contributed by atoms with Crippen molar-refractivity contribution in [3.8, 4) is 0 Å². The van der Waals surface area contributed by atoms with Gasteiger partial charge in [-0.15, -0.1) is 0 Å². The van der Waals surface area contributed by atoms with Crippen LogP contribution in [0.5, 0.6) is 0 Å². The van der Waals surface area contributed by atoms with Crippen molar-refractivity contribution in [2.75, 3.05) is 0 Å². The summed E-state index contributed by atoms with van der Waals surface area (Å²) in [6.45, 7) is 4.87. The van der Waals surface area contributed by atoms with Crippen LogP contribution in [-0.2, 0) is 0 Å². The summed E-state index contributed by atoms with van der Waals surface area (Å²) >= 11 is 0. The largest absolute Gasteiger partial charge is 0.393 e. The predicted molar refractivity (Wildman–Crippen MR) is 96.4 cm³/mol. The molecular formula is C22H34F2O. The standard InChI is InChI=1S/C22H34F2O/c1-21-12-10-19-17(18(21)7-4-14(21)5-8-20(23)24)6-3-15-13-16(25)9-11-22(15,19)2/h3,14,16-20,25H,4-13H2,1-2H3. The van der Waals surface area contributed by atoms with Gasteiger partial charge in [0.15, 0.2) is 0 Å². The normalized spacial score (nSPS) is 49.4. The zero-order chi connectivity index (χ0) is 17.8. The highest BCUT2D eigenvalue weighted by Crippen LogP contribution is 2.66. The maximum atomic E-state index is 12.7. The second-order valence-electron chi connectivity index (χ2n) is 9.94. The van der Waals surface area contributed by atoms with E-state index in [2.05, 4.69) is 19.9 Å². The van der Waals surface area contributed by atoms with Gasteiger partial charge in [-0.2, -0.15) is 0 Å². The van der Waals surface area contributed by atoms with Crippen LogP contribution in [0.25, 0.3) is 0 Å². The van der Waals surface area contributed by atoms with Crippen LogP contribution in [0.15, 0.2) is 11.6 Å². The molecule has 7 atom stereocenters. The van der Waals surface area contributed by atoms with Crippen molar-refractivity contribution in [2.45, 2.75) is 90.6 Å². The van der Waals surface area contributed by atoms with E-state index in [4.69, 9.17) is 0 Å². The average Bonchev–Trinajstić information content (AvgIpc) is 2.90. The number of aliphatic hydroxyl groups excluding tert-OH is 1. The minimum Gasteiger partial charge on any atom is -0.393 e. The lowest BCUT2D eigenvalue weighted by atomic mass is 9.47. The molecule has 142 valence electrons. The summed E-state index contributed by atoms with van der Waals surface area (Å²) in [6.07, 6.45) is 9.94. The van der Waals surface area contributed by atoms with Crippen LogP contribution >= 0.6 is 0 Å². The molecule has 4 rings (SSSR count). The van der Waals surface area contributed by atoms with Crippen LogP contribution in [0.4, 0.5) is 8.78 Å². The third kappa shape index (κ3) is 2.80. The molecular weight excluding hydrogens is 318 g/mol. The molecule has 0 radical (unpaired) electrons. The van der Waals surface area contributed by atoms with Gasteiger partial charge in [0, 0.05) is 6.42 Å². The maximum Gasteiger partial charge on any atom is 0.238 e. The Labute approximate surface area is 151 Å². The minimum absolute atomic E-state index is 0.0841. The first-order valence-electron chi connectivity index (χ1n) is 10.5. The molecule has 0 bridgehead atoms. The second kappa shape index (κ2) is 6.32. The molecule has 0 spiro atoms. The molecule has 0 heterocycles. The van der Waals surface area contributed by atoms with E-state index in [1.54, 1.807) is 0 Å². The molecule has 3 heteroatoms. The van der Waals surface area contributed by atoms with E-state index in [-0.39, 0.29) is 23.4 Å². The highest BCUT2D eigenvalue weighted by molar-refractivity contribution is 5.25. The first kappa shape index (κ1) is 17.9. The molecule has 0 aromatic rings. The second-order valence-corrected chi connectivity index (χ2v) is 9.94. The number of aliphatic hydroxyl groups is 1. The van der Waals surface area contributed by atoms with Gasteiger partial charge in [0.1, 0.15) is 0 Å². The third-order valence-corrected chi connectivity index (χ3v) is 9.01. The first-order valence-corrected chi connectivity index (χ1v) is 10.5. The van der Waals surface area contributed by atoms with Gasteiger partial charge in [-0.3, -0.25) is 0 Å². The Bertz CT molecular complexity index is 544. The molecule has 1 N–H and O–H groups in total. The molecule has 3 fully saturated rings. The Hall–Kier alpha value is -0.440. The van der Waals surface area contributed by atoms with E-state index in [9.17, 15) is 13.9 Å². The topological polar surface area (TPSA) is 20.2 Å². The summed E-state index contributed by atoms with van der Waals surface area (Å²) in [5.41, 5.74) is 2.08. The van der Waals surface area contributed by atoms with Crippen LogP contribution in [0.1, 0.15) is 78.1 Å². The van der Waals surface area contributed by atoms with E-state index >= 15 is 0 Å². The molecule has 7 unspecified atom stereocenters. The number of allylic oxidation sites excluding steroid dienone is 1. The highest BCUT2D eigenvalue weighted by Gasteiger charge is 2.58. The summed E-state index contributed by atoms with van der Waals surface area (Å²) in [5.74, 6) is 2.69. The van der Waals surface area contributed by atoms with Crippen molar-refractivity contribution in [3.05, 3.63) is 11.6 Å². The van der Waals surface area contributed by atoms with Crippen LogP contribution in [0.3, 0.4) is 0 Å². The van der Waals surface area contributed by atoms with Crippen molar-refractivity contribution in [1.29, 1.82) is 0 Å². The summed E-state index contributed by atoms with van der Waals surface area (Å²) in [7, 11) is 0. The van der Waals surface area contributed by atoms with Crippen LogP contribution in [-0.4, -0.2) is 17.6 Å². The number of rotatable bonds is 3. The van der Waals surface area contributed by atoms with E-state index in [1.165, 1.54) is 24.8 Å². The lowest BCUT2D eigenvalue weighted by molar-refractivity contribution is -0.0523. The fourth-order valence-electron chi connectivity index (χ4n) is 7.55. The van der Waals surface area contributed by atoms with E-state index in [1.807, 2.05) is 0 Å². The van der Waals surface area contributed by atoms with Gasteiger partial charge < -0.3 is 5.11 Å². The summed E-state index contributed by atoms with van der Waals surface area (Å²) in [4.78, 5) is 0. The Balaban J connectivity index is 1.56. The summed E-state index contributed by atoms with van der Waals surface area (Å²) in [5, 5.41) is 10.1. The molecule has 25 heavy (non-hydrogen) atoms. The van der Waals surface area contributed by atoms with Crippen molar-refractivity contribution >= 4 is 0 Å². The smallest absolute Gasteiger partial charge is 0.238 e. The molecule has 4 aliphatic carbocycles. The molecule has 0 amide bonds. The number of hydrogen-bond acceptors (Lipinski definition) is 1. The quantitative estimate of drug-likeness (QED) is 0.620. The molecule has 4 aliphatic rings. The van der Waals surface area contributed by atoms with Gasteiger partial charge in [0.25, 0.3) is 0 Å². The maximum absolute atomic E-state index is 12.7. The Morgan fingerprint density at radius 3 is 2.68 bits per heavy atom. The molecule has 3 saturated carbocycles. The van der Waals surface area contributed by atoms with Crippen molar-refractivity contribution in [3.63, 3.8) is 0 Å². The molecule has 0 aliphatic heterocycles. The highest BCUT2D eigenvalue weighted by atomic mass is 19.3. The Kier molecular flexibility index (Phi) is 4.54. The van der Waals surface area contributed by atoms with E-state index in [0.717, 1.165) is 49.9 Å². The van der Waals surface area contributed by atoms with Crippen LogP contribution in [0, 0.1) is 34.5 Å². The van der Waals surface area contributed by atoms with Crippen LogP contribution < -0.4 is 0 Å². The van der Waals surface area contributed by atoms with Gasteiger partial charge >= 0.3 is 0 Å². The van der Waals surface area contributed by atoms with Crippen molar-refractivity contribution < 1.29 is 13.9 Å². The lowest BCUT2D eigenvalue weighted by Gasteiger charge is -2.58. The first-order chi connectivity index (χ1) is 11.8. The van der Waals surface area contributed by atoms with Crippen molar-refractivity contribution in [1.82, 2.24) is 0 Å². The van der Waals surface area contributed by atoms with Gasteiger partial charge in [0.05, 0.1) is 6.10 Å². The lowest BCUT2D eigenvalue weighted by Crippen LogP contribution is -2.50. The SMILES string of the molecule is CC12CCC(O)CC1=CCC1C2CCC2(C)C(CCC(F)F)CCC12. The molecule has 0 aromatic carbocycles. The number of alkyl halides is 2. The third-order valence-electron chi connectivity index (χ3n) is 9.01. The summed E-state index contributed by atoms with van der Waals surface area (Å²) < 4.78 is 25.5. The number of halogens is 2. The van der Waals surface area contributed by atoms with Gasteiger partial charge in [-0.05, 0) is 92.3 Å². The number of hydrogen-bond donors (Lipinski definition) is 1. The van der Waals surface area contributed by atoms with Gasteiger partial charge in [0.2, 0.25) is 6.43 Å². The fraction of sp³-hybridized carbons (Fsp3) is 0.909. The Morgan fingerprint density at radius 1 is 1.12 bits per heavy atom. The molecule has 0 aromatic heterocycles. The summed E-state index contributed by atoms with van der Waals surface area (Å²) in [6, 6.07) is 0. The number of fused-ring (bicyclic) bond motifs is 5. The fourth-order valence-corrected chi connectivity index (χ4v) is 7.55. The van der Waals surface area contributed by atoms with Gasteiger partial charge in [-0.1, -0.05) is 25.5 Å². The average molecular weight is 353 g/mol. The van der Waals surface area contributed by atoms with Gasteiger partial charge in [-0.25, -0.2) is 8.78 Å². The zero-order valence-electron chi connectivity index (χ0n) is 15.8. The van der Waals surface area contributed by atoms with Crippen molar-refractivity contribution in [2.24, 2.45) is 34.5 Å². The molecule has 1 nitrogen and oxygen atoms in total. The molecule has 0 saturated heterocycles. The zero-order valence-corrected chi connectivity index (χ0v) is 15.8. The predicted octanol–water partition coefficient (Wildman–Crippen LogP) is 5.97. The van der Waals surface area contributed by atoms with Crippen LogP contribution in [0.2, 0.25) is 0 Å². The van der Waals surface area contributed by atoms with E-state index in [0.29, 0.717) is 12.3 Å². The van der Waals surface area contributed by atoms with E-state index < -0.39 is 6.43 Å².